The Labute approximate surface area is 146 Å². The van der Waals surface area contributed by atoms with Gasteiger partial charge < -0.3 is 15.2 Å². The first-order chi connectivity index (χ1) is 12.0. The summed E-state index contributed by atoms with van der Waals surface area (Å²) in [6, 6.07) is 4.89. The van der Waals surface area contributed by atoms with Crippen molar-refractivity contribution in [1.29, 1.82) is 0 Å². The fourth-order valence-electron chi connectivity index (χ4n) is 2.99. The highest BCUT2D eigenvalue weighted by atomic mass is 19.1. The minimum atomic E-state index is -0.267. The monoisotopic (exact) mass is 346 g/mol. The number of benzene rings is 1. The molecule has 1 amide bonds. The summed E-state index contributed by atoms with van der Waals surface area (Å²) in [5.41, 5.74) is 1.22. The van der Waals surface area contributed by atoms with Crippen molar-refractivity contribution >= 4 is 5.91 Å². The van der Waals surface area contributed by atoms with E-state index < -0.39 is 0 Å². The van der Waals surface area contributed by atoms with Gasteiger partial charge in [-0.3, -0.25) is 4.79 Å². The smallest absolute Gasteiger partial charge is 0.227 e. The number of amides is 1. The molecule has 1 saturated heterocycles. The molecule has 134 valence electrons. The summed E-state index contributed by atoms with van der Waals surface area (Å²) in [6.45, 7) is 5.67. The number of aryl methyl sites for hydroxylation is 2. The average molecular weight is 346 g/mol. The van der Waals surface area contributed by atoms with Gasteiger partial charge in [0.05, 0.1) is 0 Å². The summed E-state index contributed by atoms with van der Waals surface area (Å²) in [5, 5.41) is 10.3. The first-order valence-electron chi connectivity index (χ1n) is 8.62. The van der Waals surface area contributed by atoms with Crippen molar-refractivity contribution in [3.63, 3.8) is 0 Å². The van der Waals surface area contributed by atoms with E-state index in [0.717, 1.165) is 19.5 Å². The lowest BCUT2D eigenvalue weighted by Crippen LogP contribution is -2.48. The van der Waals surface area contributed by atoms with Crippen LogP contribution in [0.15, 0.2) is 22.7 Å². The Morgan fingerprint density at radius 2 is 2.32 bits per heavy atom. The van der Waals surface area contributed by atoms with Crippen LogP contribution in [0.4, 0.5) is 4.39 Å². The molecule has 25 heavy (non-hydrogen) atoms. The van der Waals surface area contributed by atoms with Gasteiger partial charge in [-0.25, -0.2) is 4.39 Å². The van der Waals surface area contributed by atoms with Gasteiger partial charge in [0, 0.05) is 24.4 Å². The predicted octanol–water partition coefficient (Wildman–Crippen LogP) is 2.23. The fourth-order valence-corrected chi connectivity index (χ4v) is 2.99. The first-order valence-corrected chi connectivity index (χ1v) is 8.62. The zero-order chi connectivity index (χ0) is 17.8. The number of rotatable bonds is 5. The number of hydrogen-bond donors (Lipinski definition) is 2. The summed E-state index contributed by atoms with van der Waals surface area (Å²) in [4.78, 5) is 16.4. The van der Waals surface area contributed by atoms with Crippen molar-refractivity contribution in [3.8, 4) is 11.4 Å². The predicted molar refractivity (Wildman–Crippen MR) is 91.3 cm³/mol. The van der Waals surface area contributed by atoms with Crippen LogP contribution in [-0.4, -0.2) is 35.2 Å². The minimum Gasteiger partial charge on any atom is -0.353 e. The van der Waals surface area contributed by atoms with Gasteiger partial charge in [-0.1, -0.05) is 12.1 Å². The molecule has 1 aromatic heterocycles. The Morgan fingerprint density at radius 3 is 3.08 bits per heavy atom. The molecule has 6 nitrogen and oxygen atoms in total. The third-order valence-electron chi connectivity index (χ3n) is 4.58. The number of piperidine rings is 1. The van der Waals surface area contributed by atoms with Crippen LogP contribution in [0, 0.1) is 18.7 Å². The van der Waals surface area contributed by atoms with Crippen LogP contribution in [-0.2, 0) is 11.2 Å². The number of halogens is 1. The number of hydrogen-bond acceptors (Lipinski definition) is 5. The zero-order valence-electron chi connectivity index (χ0n) is 14.5. The normalized spacial score (nSPS) is 20.4. The molecule has 1 aliphatic rings. The van der Waals surface area contributed by atoms with Gasteiger partial charge in [0.15, 0.2) is 0 Å². The van der Waals surface area contributed by atoms with Gasteiger partial charge >= 0.3 is 0 Å². The van der Waals surface area contributed by atoms with Crippen LogP contribution in [0.25, 0.3) is 11.4 Å². The SMILES string of the molecule is Cc1cc(-c2noc(CCC(=O)NC3CCNCC3C)n2)ccc1F. The Morgan fingerprint density at radius 1 is 1.48 bits per heavy atom. The van der Waals surface area contributed by atoms with Gasteiger partial charge in [0.25, 0.3) is 0 Å². The van der Waals surface area contributed by atoms with Crippen molar-refractivity contribution in [2.24, 2.45) is 5.92 Å². The summed E-state index contributed by atoms with van der Waals surface area (Å²) in [5.74, 6) is 0.970. The van der Waals surface area contributed by atoms with Crippen LogP contribution < -0.4 is 10.6 Å². The molecular weight excluding hydrogens is 323 g/mol. The molecule has 7 heteroatoms. The lowest BCUT2D eigenvalue weighted by Gasteiger charge is -2.30. The first kappa shape index (κ1) is 17.5. The molecule has 2 aromatic rings. The third kappa shape index (κ3) is 4.42. The van der Waals surface area contributed by atoms with Crippen LogP contribution in [0.3, 0.4) is 0 Å². The van der Waals surface area contributed by atoms with Gasteiger partial charge in [-0.15, -0.1) is 0 Å². The lowest BCUT2D eigenvalue weighted by atomic mass is 9.95. The second-order valence-corrected chi connectivity index (χ2v) is 6.62. The van der Waals surface area contributed by atoms with Gasteiger partial charge in [-0.2, -0.15) is 4.98 Å². The highest BCUT2D eigenvalue weighted by Crippen LogP contribution is 2.19. The maximum Gasteiger partial charge on any atom is 0.227 e. The third-order valence-corrected chi connectivity index (χ3v) is 4.58. The van der Waals surface area contributed by atoms with Crippen molar-refractivity contribution in [2.75, 3.05) is 13.1 Å². The molecule has 0 saturated carbocycles. The van der Waals surface area contributed by atoms with Crippen molar-refractivity contribution in [1.82, 2.24) is 20.8 Å². The molecule has 2 atom stereocenters. The number of nitrogens with zero attached hydrogens (tertiary/aromatic N) is 2. The Bertz CT molecular complexity index is 746. The van der Waals surface area contributed by atoms with Crippen LogP contribution in [0.1, 0.15) is 31.2 Å². The quantitative estimate of drug-likeness (QED) is 0.868. The summed E-state index contributed by atoms with van der Waals surface area (Å²) >= 11 is 0. The maximum atomic E-state index is 13.3. The maximum absolute atomic E-state index is 13.3. The van der Waals surface area contributed by atoms with E-state index in [0.29, 0.717) is 41.6 Å². The molecular formula is C18H23FN4O2. The van der Waals surface area contributed by atoms with E-state index >= 15 is 0 Å². The van der Waals surface area contributed by atoms with E-state index in [2.05, 4.69) is 27.7 Å². The molecule has 0 radical (unpaired) electrons. The molecule has 3 rings (SSSR count). The topological polar surface area (TPSA) is 80.0 Å². The average Bonchev–Trinajstić information content (AvgIpc) is 3.07. The van der Waals surface area contributed by atoms with E-state index in [9.17, 15) is 9.18 Å². The second kappa shape index (κ2) is 7.74. The van der Waals surface area contributed by atoms with Crippen LogP contribution in [0.2, 0.25) is 0 Å². The van der Waals surface area contributed by atoms with Crippen molar-refractivity contribution in [2.45, 2.75) is 39.2 Å². The molecule has 2 unspecified atom stereocenters. The Balaban J connectivity index is 1.54. The highest BCUT2D eigenvalue weighted by molar-refractivity contribution is 5.76. The van der Waals surface area contributed by atoms with E-state index in [4.69, 9.17) is 4.52 Å². The van der Waals surface area contributed by atoms with E-state index in [1.165, 1.54) is 6.07 Å². The number of carbonyl (C=O) groups excluding carboxylic acids is 1. The van der Waals surface area contributed by atoms with E-state index in [1.807, 2.05) is 0 Å². The molecule has 0 bridgehead atoms. The number of carbonyl (C=O) groups is 1. The summed E-state index contributed by atoms with van der Waals surface area (Å²) in [6.07, 6.45) is 1.64. The Kier molecular flexibility index (Phi) is 5.43. The van der Waals surface area contributed by atoms with Gasteiger partial charge in [0.2, 0.25) is 17.6 Å². The standard InChI is InChI=1S/C18H23FN4O2/c1-11-9-13(3-4-14(11)19)18-22-17(25-23-18)6-5-16(24)21-15-7-8-20-10-12(15)2/h3-4,9,12,15,20H,5-8,10H2,1-2H3,(H,21,24). The number of aromatic nitrogens is 2. The Hall–Kier alpha value is -2.28. The molecule has 1 aromatic carbocycles. The molecule has 2 heterocycles. The van der Waals surface area contributed by atoms with Crippen molar-refractivity contribution in [3.05, 3.63) is 35.5 Å². The highest BCUT2D eigenvalue weighted by Gasteiger charge is 2.22. The lowest BCUT2D eigenvalue weighted by molar-refractivity contribution is -0.122. The van der Waals surface area contributed by atoms with Gasteiger partial charge in [0.1, 0.15) is 5.82 Å². The molecule has 1 aliphatic heterocycles. The van der Waals surface area contributed by atoms with Crippen LogP contribution in [0.5, 0.6) is 0 Å². The summed E-state index contributed by atoms with van der Waals surface area (Å²) < 4.78 is 18.5. The molecule has 0 spiro atoms. The molecule has 0 aliphatic carbocycles. The summed E-state index contributed by atoms with van der Waals surface area (Å²) in [7, 11) is 0. The van der Waals surface area contributed by atoms with E-state index in [1.54, 1.807) is 19.1 Å². The van der Waals surface area contributed by atoms with Crippen LogP contribution >= 0.6 is 0 Å². The van der Waals surface area contributed by atoms with E-state index in [-0.39, 0.29) is 17.8 Å². The largest absolute Gasteiger partial charge is 0.353 e. The van der Waals surface area contributed by atoms with Gasteiger partial charge in [-0.05, 0) is 56.1 Å². The zero-order valence-corrected chi connectivity index (χ0v) is 14.5. The molecule has 1 fully saturated rings. The number of nitrogens with one attached hydrogen (secondary N) is 2. The van der Waals surface area contributed by atoms with Crippen molar-refractivity contribution < 1.29 is 13.7 Å². The fraction of sp³-hybridized carbons (Fsp3) is 0.500. The molecule has 2 N–H and O–H groups in total. The minimum absolute atomic E-state index is 0.00359. The second-order valence-electron chi connectivity index (χ2n) is 6.62.